The second kappa shape index (κ2) is 5.60. The number of carbonyl (C=O) groups excluding carboxylic acids is 2. The first kappa shape index (κ1) is 12.6. The van der Waals surface area contributed by atoms with Crippen LogP contribution in [0.5, 0.6) is 0 Å². The Hall–Kier alpha value is -1.43. The van der Waals surface area contributed by atoms with E-state index in [1.54, 1.807) is 19.9 Å². The maximum atomic E-state index is 11.3. The molecule has 0 aromatic carbocycles. The van der Waals surface area contributed by atoms with Gasteiger partial charge >= 0.3 is 11.9 Å². The standard InChI is InChI=1S/C10H11BrN2O3/c1-3-16-10(15)9(14)13-8-6(2)4-7(11)5-12-8/h4-5H,3H2,1-2H3,(H,12,13,14). The van der Waals surface area contributed by atoms with Gasteiger partial charge in [-0.05, 0) is 41.4 Å². The number of carbonyl (C=O) groups is 2. The molecule has 0 radical (unpaired) electrons. The number of halogens is 1. The minimum absolute atomic E-state index is 0.166. The summed E-state index contributed by atoms with van der Waals surface area (Å²) in [6.45, 7) is 3.58. The van der Waals surface area contributed by atoms with Crippen molar-refractivity contribution < 1.29 is 14.3 Å². The Balaban J connectivity index is 2.73. The summed E-state index contributed by atoms with van der Waals surface area (Å²) in [5.41, 5.74) is 0.757. The van der Waals surface area contributed by atoms with Crippen LogP contribution < -0.4 is 5.32 Å². The van der Waals surface area contributed by atoms with Crippen LogP contribution in [0, 0.1) is 6.92 Å². The summed E-state index contributed by atoms with van der Waals surface area (Å²) >= 11 is 3.25. The van der Waals surface area contributed by atoms with E-state index < -0.39 is 11.9 Å². The molecule has 0 fully saturated rings. The number of esters is 1. The first-order valence-electron chi connectivity index (χ1n) is 4.64. The second-order valence-electron chi connectivity index (χ2n) is 2.99. The van der Waals surface area contributed by atoms with Gasteiger partial charge in [-0.15, -0.1) is 0 Å². The van der Waals surface area contributed by atoms with Crippen LogP contribution >= 0.6 is 15.9 Å². The van der Waals surface area contributed by atoms with Crippen LogP contribution in [0.3, 0.4) is 0 Å². The molecule has 0 saturated carbocycles. The molecule has 1 amide bonds. The molecule has 1 rings (SSSR count). The lowest BCUT2D eigenvalue weighted by molar-refractivity contribution is -0.152. The van der Waals surface area contributed by atoms with E-state index in [1.807, 2.05) is 0 Å². The highest BCUT2D eigenvalue weighted by molar-refractivity contribution is 9.10. The summed E-state index contributed by atoms with van der Waals surface area (Å²) in [6, 6.07) is 1.79. The van der Waals surface area contributed by atoms with Gasteiger partial charge in [-0.25, -0.2) is 9.78 Å². The maximum Gasteiger partial charge on any atom is 0.397 e. The monoisotopic (exact) mass is 286 g/mol. The zero-order valence-corrected chi connectivity index (χ0v) is 10.5. The number of aromatic nitrogens is 1. The predicted octanol–water partition coefficient (Wildman–Crippen LogP) is 1.65. The Morgan fingerprint density at radius 3 is 2.81 bits per heavy atom. The van der Waals surface area contributed by atoms with Gasteiger partial charge in [0.05, 0.1) is 6.61 Å². The number of pyridine rings is 1. The fourth-order valence-corrected chi connectivity index (χ4v) is 1.47. The molecule has 1 aromatic rings. The summed E-state index contributed by atoms with van der Waals surface area (Å²) in [6.07, 6.45) is 1.54. The fraction of sp³-hybridized carbons (Fsp3) is 0.300. The third-order valence-electron chi connectivity index (χ3n) is 1.74. The lowest BCUT2D eigenvalue weighted by Crippen LogP contribution is -2.25. The molecule has 0 aliphatic carbocycles. The minimum Gasteiger partial charge on any atom is -0.459 e. The number of ether oxygens (including phenoxy) is 1. The Morgan fingerprint density at radius 2 is 2.25 bits per heavy atom. The average molecular weight is 287 g/mol. The first-order valence-corrected chi connectivity index (χ1v) is 5.44. The predicted molar refractivity (Wildman–Crippen MR) is 61.9 cm³/mol. The Kier molecular flexibility index (Phi) is 4.42. The van der Waals surface area contributed by atoms with Gasteiger partial charge in [-0.3, -0.25) is 4.79 Å². The molecule has 0 aliphatic rings. The number of hydrogen-bond acceptors (Lipinski definition) is 4. The number of hydrogen-bond donors (Lipinski definition) is 1. The molecule has 16 heavy (non-hydrogen) atoms. The molecule has 5 nitrogen and oxygen atoms in total. The van der Waals surface area contributed by atoms with Gasteiger partial charge in [0.1, 0.15) is 5.82 Å². The van der Waals surface area contributed by atoms with E-state index in [0.29, 0.717) is 5.82 Å². The van der Waals surface area contributed by atoms with E-state index in [-0.39, 0.29) is 6.61 Å². The molecular weight excluding hydrogens is 276 g/mol. The van der Waals surface area contributed by atoms with Gasteiger partial charge in [0.2, 0.25) is 0 Å². The van der Waals surface area contributed by atoms with E-state index in [2.05, 4.69) is 31.0 Å². The van der Waals surface area contributed by atoms with Gasteiger partial charge in [0, 0.05) is 10.7 Å². The molecule has 0 spiro atoms. The van der Waals surface area contributed by atoms with Crippen molar-refractivity contribution in [3.63, 3.8) is 0 Å². The number of anilines is 1. The van der Waals surface area contributed by atoms with Gasteiger partial charge in [0.15, 0.2) is 0 Å². The van der Waals surface area contributed by atoms with E-state index in [0.717, 1.165) is 10.0 Å². The molecule has 1 heterocycles. The quantitative estimate of drug-likeness (QED) is 0.663. The molecule has 0 bridgehead atoms. The van der Waals surface area contributed by atoms with Crippen molar-refractivity contribution in [2.24, 2.45) is 0 Å². The summed E-state index contributed by atoms with van der Waals surface area (Å²) < 4.78 is 5.36. The molecule has 6 heteroatoms. The SMILES string of the molecule is CCOC(=O)C(=O)Nc1ncc(Br)cc1C. The normalized spacial score (nSPS) is 9.69. The van der Waals surface area contributed by atoms with Crippen LogP contribution in [0.25, 0.3) is 0 Å². The minimum atomic E-state index is -0.911. The number of aryl methyl sites for hydroxylation is 1. The number of rotatable bonds is 2. The highest BCUT2D eigenvalue weighted by Crippen LogP contribution is 2.16. The Labute approximate surface area is 101 Å². The van der Waals surface area contributed by atoms with Crippen molar-refractivity contribution in [1.29, 1.82) is 0 Å². The van der Waals surface area contributed by atoms with Crippen molar-refractivity contribution >= 4 is 33.6 Å². The van der Waals surface area contributed by atoms with Crippen LogP contribution in [0.4, 0.5) is 5.82 Å². The highest BCUT2D eigenvalue weighted by Gasteiger charge is 2.16. The third kappa shape index (κ3) is 3.30. The lowest BCUT2D eigenvalue weighted by Gasteiger charge is -2.06. The van der Waals surface area contributed by atoms with Gasteiger partial charge in [0.25, 0.3) is 0 Å². The summed E-state index contributed by atoms with van der Waals surface area (Å²) in [7, 11) is 0. The average Bonchev–Trinajstić information content (AvgIpc) is 2.22. The van der Waals surface area contributed by atoms with Crippen molar-refractivity contribution in [3.05, 3.63) is 22.3 Å². The van der Waals surface area contributed by atoms with E-state index in [9.17, 15) is 9.59 Å². The zero-order valence-electron chi connectivity index (χ0n) is 8.91. The number of amides is 1. The van der Waals surface area contributed by atoms with Crippen molar-refractivity contribution in [2.45, 2.75) is 13.8 Å². The molecule has 1 aromatic heterocycles. The van der Waals surface area contributed by atoms with Crippen LogP contribution in [-0.4, -0.2) is 23.5 Å². The molecule has 0 saturated heterocycles. The van der Waals surface area contributed by atoms with Crippen molar-refractivity contribution in [2.75, 3.05) is 11.9 Å². The Bertz CT molecular complexity index is 421. The Morgan fingerprint density at radius 1 is 1.56 bits per heavy atom. The highest BCUT2D eigenvalue weighted by atomic mass is 79.9. The molecule has 86 valence electrons. The topological polar surface area (TPSA) is 68.3 Å². The maximum absolute atomic E-state index is 11.3. The first-order chi connectivity index (χ1) is 7.54. The molecular formula is C10H11BrN2O3. The number of nitrogens with zero attached hydrogens (tertiary/aromatic N) is 1. The number of nitrogens with one attached hydrogen (secondary N) is 1. The molecule has 0 aliphatic heterocycles. The van der Waals surface area contributed by atoms with Crippen LogP contribution in [-0.2, 0) is 14.3 Å². The summed E-state index contributed by atoms with van der Waals surface area (Å²) in [4.78, 5) is 26.3. The van der Waals surface area contributed by atoms with E-state index in [1.165, 1.54) is 6.20 Å². The smallest absolute Gasteiger partial charge is 0.397 e. The van der Waals surface area contributed by atoms with Crippen LogP contribution in [0.1, 0.15) is 12.5 Å². The summed E-state index contributed by atoms with van der Waals surface area (Å²) in [5, 5.41) is 2.38. The second-order valence-corrected chi connectivity index (χ2v) is 3.91. The van der Waals surface area contributed by atoms with Crippen LogP contribution in [0.15, 0.2) is 16.7 Å². The lowest BCUT2D eigenvalue weighted by atomic mass is 10.3. The van der Waals surface area contributed by atoms with Gasteiger partial charge in [-0.2, -0.15) is 0 Å². The zero-order chi connectivity index (χ0) is 12.1. The van der Waals surface area contributed by atoms with Crippen molar-refractivity contribution in [3.8, 4) is 0 Å². The molecule has 1 N–H and O–H groups in total. The van der Waals surface area contributed by atoms with Gasteiger partial charge in [-0.1, -0.05) is 0 Å². The van der Waals surface area contributed by atoms with E-state index in [4.69, 9.17) is 0 Å². The summed E-state index contributed by atoms with van der Waals surface area (Å²) in [5.74, 6) is -1.38. The molecule has 0 unspecified atom stereocenters. The van der Waals surface area contributed by atoms with E-state index >= 15 is 0 Å². The molecule has 0 atom stereocenters. The largest absolute Gasteiger partial charge is 0.459 e. The fourth-order valence-electron chi connectivity index (χ4n) is 1.03. The third-order valence-corrected chi connectivity index (χ3v) is 2.17. The van der Waals surface area contributed by atoms with Crippen molar-refractivity contribution in [1.82, 2.24) is 4.98 Å². The van der Waals surface area contributed by atoms with Gasteiger partial charge < -0.3 is 10.1 Å². The van der Waals surface area contributed by atoms with Crippen LogP contribution in [0.2, 0.25) is 0 Å².